The van der Waals surface area contributed by atoms with E-state index in [2.05, 4.69) is 5.32 Å². The van der Waals surface area contributed by atoms with Gasteiger partial charge in [0.05, 0.1) is 0 Å². The minimum atomic E-state index is -0.662. The SMILES string of the molecule is O=C(O)C1CC2(CN1)CC1CCC2C1. The summed E-state index contributed by atoms with van der Waals surface area (Å²) in [5.74, 6) is 1.07. The molecule has 1 saturated heterocycles. The third kappa shape index (κ3) is 1.05. The molecule has 2 bridgehead atoms. The molecule has 0 aromatic carbocycles. The maximum Gasteiger partial charge on any atom is 0.320 e. The van der Waals surface area contributed by atoms with Gasteiger partial charge >= 0.3 is 5.97 Å². The van der Waals surface area contributed by atoms with Gasteiger partial charge in [-0.1, -0.05) is 6.42 Å². The van der Waals surface area contributed by atoms with Gasteiger partial charge in [-0.3, -0.25) is 4.79 Å². The van der Waals surface area contributed by atoms with Gasteiger partial charge in [0.15, 0.2) is 0 Å². The standard InChI is InChI=1S/C11H17NO2/c13-10(14)9-5-11(6-12-9)4-7-1-2-8(11)3-7/h7-9,12H,1-6H2,(H,13,14). The van der Waals surface area contributed by atoms with Crippen LogP contribution in [0, 0.1) is 17.3 Å². The number of nitrogens with one attached hydrogen (secondary N) is 1. The highest BCUT2D eigenvalue weighted by Gasteiger charge is 2.54. The molecule has 14 heavy (non-hydrogen) atoms. The smallest absolute Gasteiger partial charge is 0.320 e. The number of hydrogen-bond acceptors (Lipinski definition) is 2. The summed E-state index contributed by atoms with van der Waals surface area (Å²) in [7, 11) is 0. The molecule has 3 heteroatoms. The zero-order valence-corrected chi connectivity index (χ0v) is 8.33. The molecule has 2 N–H and O–H groups in total. The summed E-state index contributed by atoms with van der Waals surface area (Å²) in [4.78, 5) is 10.9. The van der Waals surface area contributed by atoms with Crippen LogP contribution in [0.15, 0.2) is 0 Å². The summed E-state index contributed by atoms with van der Waals surface area (Å²) in [6, 6.07) is -0.269. The van der Waals surface area contributed by atoms with E-state index >= 15 is 0 Å². The second-order valence-electron chi connectivity index (χ2n) is 5.42. The number of rotatable bonds is 1. The Labute approximate surface area is 83.9 Å². The normalized spacial score (nSPS) is 50.4. The first kappa shape index (κ1) is 8.72. The summed E-state index contributed by atoms with van der Waals surface area (Å²) in [5.41, 5.74) is 0.367. The molecule has 0 amide bonds. The van der Waals surface area contributed by atoms with Crippen LogP contribution in [0.4, 0.5) is 0 Å². The van der Waals surface area contributed by atoms with Crippen LogP contribution in [0.3, 0.4) is 0 Å². The van der Waals surface area contributed by atoms with E-state index in [0.717, 1.165) is 24.8 Å². The Morgan fingerprint density at radius 3 is 2.71 bits per heavy atom. The number of carbonyl (C=O) groups is 1. The molecule has 1 spiro atoms. The molecule has 3 nitrogen and oxygen atoms in total. The van der Waals surface area contributed by atoms with E-state index in [-0.39, 0.29) is 6.04 Å². The average Bonchev–Trinajstić information content (AvgIpc) is 2.79. The zero-order chi connectivity index (χ0) is 9.76. The lowest BCUT2D eigenvalue weighted by Gasteiger charge is -2.32. The van der Waals surface area contributed by atoms with Crippen LogP contribution in [0.5, 0.6) is 0 Å². The summed E-state index contributed by atoms with van der Waals surface area (Å²) >= 11 is 0. The average molecular weight is 195 g/mol. The topological polar surface area (TPSA) is 49.3 Å². The first-order chi connectivity index (χ1) is 6.70. The molecular weight excluding hydrogens is 178 g/mol. The van der Waals surface area contributed by atoms with E-state index < -0.39 is 5.97 Å². The maximum atomic E-state index is 10.9. The van der Waals surface area contributed by atoms with Gasteiger partial charge < -0.3 is 10.4 Å². The Hall–Kier alpha value is -0.570. The summed E-state index contributed by atoms with van der Waals surface area (Å²) in [6.07, 6.45) is 6.27. The Morgan fingerprint density at radius 1 is 1.36 bits per heavy atom. The quantitative estimate of drug-likeness (QED) is 0.662. The molecule has 1 heterocycles. The predicted octanol–water partition coefficient (Wildman–Crippen LogP) is 1.24. The molecular formula is C11H17NO2. The Morgan fingerprint density at radius 2 is 2.21 bits per heavy atom. The fourth-order valence-corrected chi connectivity index (χ4v) is 4.08. The molecule has 1 aliphatic heterocycles. The van der Waals surface area contributed by atoms with Crippen molar-refractivity contribution < 1.29 is 9.90 Å². The van der Waals surface area contributed by atoms with Crippen LogP contribution in [0.1, 0.15) is 32.1 Å². The van der Waals surface area contributed by atoms with E-state index in [1.54, 1.807) is 0 Å². The molecule has 3 rings (SSSR count). The second-order valence-corrected chi connectivity index (χ2v) is 5.42. The van der Waals surface area contributed by atoms with Gasteiger partial charge in [0.1, 0.15) is 6.04 Å². The van der Waals surface area contributed by atoms with Crippen molar-refractivity contribution in [2.75, 3.05) is 6.54 Å². The van der Waals surface area contributed by atoms with E-state index in [0.29, 0.717) is 5.41 Å². The van der Waals surface area contributed by atoms with Crippen LogP contribution in [-0.2, 0) is 4.79 Å². The zero-order valence-electron chi connectivity index (χ0n) is 8.33. The van der Waals surface area contributed by atoms with Gasteiger partial charge in [0, 0.05) is 6.54 Å². The third-order valence-corrected chi connectivity index (χ3v) is 4.71. The van der Waals surface area contributed by atoms with Crippen LogP contribution in [0.2, 0.25) is 0 Å². The Kier molecular flexibility index (Phi) is 1.69. The summed E-state index contributed by atoms with van der Waals surface area (Å²) < 4.78 is 0. The summed E-state index contributed by atoms with van der Waals surface area (Å²) in [5, 5.41) is 12.1. The van der Waals surface area contributed by atoms with Gasteiger partial charge in [-0.05, 0) is 42.9 Å². The number of fused-ring (bicyclic) bond motifs is 3. The largest absolute Gasteiger partial charge is 0.480 e. The van der Waals surface area contributed by atoms with E-state index in [1.807, 2.05) is 0 Å². The molecule has 0 aromatic heterocycles. The summed E-state index contributed by atoms with van der Waals surface area (Å²) in [6.45, 7) is 0.950. The van der Waals surface area contributed by atoms with E-state index in [1.165, 1.54) is 25.7 Å². The molecule has 2 saturated carbocycles. The fraction of sp³-hybridized carbons (Fsp3) is 0.909. The molecule has 3 aliphatic rings. The van der Waals surface area contributed by atoms with Gasteiger partial charge in [0.2, 0.25) is 0 Å². The third-order valence-electron chi connectivity index (χ3n) is 4.71. The van der Waals surface area contributed by atoms with Crippen molar-refractivity contribution in [3.8, 4) is 0 Å². The van der Waals surface area contributed by atoms with Gasteiger partial charge in [-0.25, -0.2) is 0 Å². The molecule has 3 fully saturated rings. The lowest BCUT2D eigenvalue weighted by Crippen LogP contribution is -2.30. The molecule has 0 radical (unpaired) electrons. The fourth-order valence-electron chi connectivity index (χ4n) is 4.08. The van der Waals surface area contributed by atoms with Crippen molar-refractivity contribution in [3.63, 3.8) is 0 Å². The van der Waals surface area contributed by atoms with Crippen LogP contribution < -0.4 is 5.32 Å². The molecule has 78 valence electrons. The van der Waals surface area contributed by atoms with Crippen LogP contribution >= 0.6 is 0 Å². The predicted molar refractivity (Wildman–Crippen MR) is 51.9 cm³/mol. The Bertz CT molecular complexity index is 278. The number of carboxylic acids is 1. The first-order valence-corrected chi connectivity index (χ1v) is 5.66. The van der Waals surface area contributed by atoms with Gasteiger partial charge in [-0.15, -0.1) is 0 Å². The van der Waals surface area contributed by atoms with Crippen molar-refractivity contribution in [1.29, 1.82) is 0 Å². The minimum Gasteiger partial charge on any atom is -0.480 e. The highest BCUT2D eigenvalue weighted by molar-refractivity contribution is 5.74. The van der Waals surface area contributed by atoms with E-state index in [4.69, 9.17) is 5.11 Å². The Balaban J connectivity index is 1.78. The van der Waals surface area contributed by atoms with Gasteiger partial charge in [-0.2, -0.15) is 0 Å². The van der Waals surface area contributed by atoms with Crippen molar-refractivity contribution in [3.05, 3.63) is 0 Å². The first-order valence-electron chi connectivity index (χ1n) is 5.66. The molecule has 2 aliphatic carbocycles. The van der Waals surface area contributed by atoms with Crippen molar-refractivity contribution in [2.45, 2.75) is 38.1 Å². The maximum absolute atomic E-state index is 10.9. The second kappa shape index (κ2) is 2.72. The monoisotopic (exact) mass is 195 g/mol. The number of aliphatic carboxylic acids is 1. The minimum absolute atomic E-state index is 0.269. The van der Waals surface area contributed by atoms with Gasteiger partial charge in [0.25, 0.3) is 0 Å². The molecule has 0 aromatic rings. The van der Waals surface area contributed by atoms with Crippen LogP contribution in [0.25, 0.3) is 0 Å². The van der Waals surface area contributed by atoms with Crippen molar-refractivity contribution in [1.82, 2.24) is 5.32 Å². The highest BCUT2D eigenvalue weighted by atomic mass is 16.4. The van der Waals surface area contributed by atoms with E-state index in [9.17, 15) is 4.79 Å². The lowest BCUT2D eigenvalue weighted by molar-refractivity contribution is -0.139. The van der Waals surface area contributed by atoms with Crippen molar-refractivity contribution >= 4 is 5.97 Å². The molecule has 4 atom stereocenters. The van der Waals surface area contributed by atoms with Crippen molar-refractivity contribution in [2.24, 2.45) is 17.3 Å². The number of carboxylic acid groups (broad SMARTS) is 1. The number of hydrogen-bond donors (Lipinski definition) is 2. The lowest BCUT2D eigenvalue weighted by atomic mass is 9.72. The van der Waals surface area contributed by atoms with Crippen LogP contribution in [-0.4, -0.2) is 23.7 Å². The highest BCUT2D eigenvalue weighted by Crippen LogP contribution is 2.59. The molecule has 4 unspecified atom stereocenters.